The summed E-state index contributed by atoms with van der Waals surface area (Å²) < 4.78 is 6.64. The van der Waals surface area contributed by atoms with Gasteiger partial charge in [-0.1, -0.05) is 149 Å². The van der Waals surface area contributed by atoms with Gasteiger partial charge in [-0.3, -0.25) is 0 Å². The van der Waals surface area contributed by atoms with E-state index in [0.717, 1.165) is 38.8 Å². The molecule has 0 saturated carbocycles. The van der Waals surface area contributed by atoms with Gasteiger partial charge < -0.3 is 14.2 Å². The average Bonchev–Trinajstić information content (AvgIpc) is 3.67. The molecule has 4 aliphatic rings. The summed E-state index contributed by atoms with van der Waals surface area (Å²) in [6, 6.07) is 49.3. The molecule has 8 aromatic rings. The standard InChI is InChI=1S/C63H65BN2O/c1-38-31-54-57-55(32-38)66(42-24-25-46-47(35-42)61(7,8)28-27-60(46,5)6)53-37-49-48(62(9,10)29-30-63(49,11)12)36-51(53)64(57)50-34-40(59(2,3)4)23-26-52(50)65(54)41-18-15-17-39(33-41)43-20-16-21-45-44-19-13-14-22-56(44)67-58(43)45/h13-26,31-37H,27-30H2,1-12H3. The number of para-hydroxylation sites is 2. The predicted octanol–water partition coefficient (Wildman–Crippen LogP) is 15.6. The third kappa shape index (κ3) is 6.30. The molecule has 67 heavy (non-hydrogen) atoms. The first kappa shape index (κ1) is 42.4. The predicted molar refractivity (Wildman–Crippen MR) is 287 cm³/mol. The second-order valence-electron chi connectivity index (χ2n) is 24.4. The number of aryl methyl sites for hydroxylation is 1. The van der Waals surface area contributed by atoms with Crippen molar-refractivity contribution in [3.63, 3.8) is 0 Å². The van der Waals surface area contributed by atoms with Crippen molar-refractivity contribution in [2.75, 3.05) is 9.80 Å². The molecule has 1 aromatic heterocycles. The minimum Gasteiger partial charge on any atom is -0.455 e. The lowest BCUT2D eigenvalue weighted by molar-refractivity contribution is 0.332. The van der Waals surface area contributed by atoms with Gasteiger partial charge in [0.25, 0.3) is 6.71 Å². The number of fused-ring (bicyclic) bond motifs is 9. The smallest absolute Gasteiger partial charge is 0.252 e. The summed E-state index contributed by atoms with van der Waals surface area (Å²) in [6.45, 7) is 29.1. The van der Waals surface area contributed by atoms with Crippen LogP contribution in [0.5, 0.6) is 0 Å². The first-order chi connectivity index (χ1) is 31.7. The van der Waals surface area contributed by atoms with Gasteiger partial charge in [0.2, 0.25) is 0 Å². The molecule has 3 nitrogen and oxygen atoms in total. The van der Waals surface area contributed by atoms with Crippen LogP contribution in [-0.4, -0.2) is 6.71 Å². The Balaban J connectivity index is 1.15. The van der Waals surface area contributed by atoms with Crippen molar-refractivity contribution in [3.05, 3.63) is 161 Å². The number of nitrogens with zero attached hydrogens (tertiary/aromatic N) is 2. The van der Waals surface area contributed by atoms with E-state index in [1.807, 2.05) is 0 Å². The van der Waals surface area contributed by atoms with Gasteiger partial charge in [-0.25, -0.2) is 0 Å². The number of anilines is 6. The third-order valence-electron chi connectivity index (χ3n) is 17.0. The van der Waals surface area contributed by atoms with Crippen molar-refractivity contribution >= 4 is 79.2 Å². The number of hydrogen-bond acceptors (Lipinski definition) is 3. The molecule has 12 rings (SSSR count). The van der Waals surface area contributed by atoms with Crippen molar-refractivity contribution in [1.82, 2.24) is 0 Å². The Morgan fingerprint density at radius 1 is 0.493 bits per heavy atom. The molecule has 2 aliphatic heterocycles. The quantitative estimate of drug-likeness (QED) is 0.165. The summed E-state index contributed by atoms with van der Waals surface area (Å²) in [4.78, 5) is 5.27. The van der Waals surface area contributed by atoms with Crippen LogP contribution >= 0.6 is 0 Å². The van der Waals surface area contributed by atoms with Crippen LogP contribution in [0.15, 0.2) is 132 Å². The van der Waals surface area contributed by atoms with Crippen LogP contribution in [0.25, 0.3) is 33.1 Å². The fraction of sp³-hybridized carbons (Fsp3) is 0.333. The maximum atomic E-state index is 6.64. The Kier molecular flexibility index (Phi) is 8.87. The highest BCUT2D eigenvalue weighted by Crippen LogP contribution is 2.53. The molecular weight excluding hydrogens is 812 g/mol. The van der Waals surface area contributed by atoms with Gasteiger partial charge in [0.15, 0.2) is 0 Å². The van der Waals surface area contributed by atoms with E-state index < -0.39 is 0 Å². The first-order valence-corrected chi connectivity index (χ1v) is 25.0. The van der Waals surface area contributed by atoms with Crippen LogP contribution in [-0.2, 0) is 27.1 Å². The lowest BCUT2D eigenvalue weighted by Crippen LogP contribution is -2.62. The number of rotatable bonds is 3. The van der Waals surface area contributed by atoms with Crippen molar-refractivity contribution in [2.24, 2.45) is 0 Å². The topological polar surface area (TPSA) is 19.6 Å². The molecule has 0 spiro atoms. The van der Waals surface area contributed by atoms with E-state index >= 15 is 0 Å². The summed E-state index contributed by atoms with van der Waals surface area (Å²) in [5, 5.41) is 2.30. The number of benzene rings is 7. The molecule has 0 unspecified atom stereocenters. The number of furan rings is 1. The molecule has 2 aliphatic carbocycles. The summed E-state index contributed by atoms with van der Waals surface area (Å²) in [5.41, 5.74) is 24.7. The molecule has 3 heterocycles. The van der Waals surface area contributed by atoms with Gasteiger partial charge in [0, 0.05) is 50.5 Å². The Hall–Kier alpha value is -6.00. The highest BCUT2D eigenvalue weighted by molar-refractivity contribution is 7.00. The molecule has 0 saturated heterocycles. The van der Waals surface area contributed by atoms with Gasteiger partial charge in [-0.05, 0) is 170 Å². The van der Waals surface area contributed by atoms with Gasteiger partial charge in [-0.2, -0.15) is 0 Å². The van der Waals surface area contributed by atoms with Gasteiger partial charge in [0.1, 0.15) is 11.2 Å². The largest absolute Gasteiger partial charge is 0.455 e. The molecule has 336 valence electrons. The fourth-order valence-electron chi connectivity index (χ4n) is 12.7. The van der Waals surface area contributed by atoms with E-state index in [-0.39, 0.29) is 33.8 Å². The Morgan fingerprint density at radius 2 is 1.07 bits per heavy atom. The molecule has 0 fully saturated rings. The Labute approximate surface area is 399 Å². The van der Waals surface area contributed by atoms with Crippen LogP contribution in [0.3, 0.4) is 0 Å². The van der Waals surface area contributed by atoms with Crippen molar-refractivity contribution < 1.29 is 4.42 Å². The van der Waals surface area contributed by atoms with Crippen LogP contribution in [0.2, 0.25) is 0 Å². The minimum absolute atomic E-state index is 0.0312. The van der Waals surface area contributed by atoms with Crippen LogP contribution < -0.4 is 26.2 Å². The third-order valence-corrected chi connectivity index (χ3v) is 17.0. The van der Waals surface area contributed by atoms with Crippen molar-refractivity contribution in [3.8, 4) is 11.1 Å². The van der Waals surface area contributed by atoms with E-state index in [4.69, 9.17) is 4.42 Å². The normalized spacial score (nSPS) is 18.3. The second-order valence-corrected chi connectivity index (χ2v) is 24.4. The molecule has 0 radical (unpaired) electrons. The van der Waals surface area contributed by atoms with E-state index in [1.165, 1.54) is 104 Å². The van der Waals surface area contributed by atoms with Crippen molar-refractivity contribution in [2.45, 2.75) is 136 Å². The molecule has 7 aromatic carbocycles. The van der Waals surface area contributed by atoms with Gasteiger partial charge in [-0.15, -0.1) is 0 Å². The molecular formula is C63H65BN2O. The molecule has 0 bridgehead atoms. The molecule has 0 atom stereocenters. The zero-order chi connectivity index (χ0) is 46.7. The monoisotopic (exact) mass is 877 g/mol. The van der Waals surface area contributed by atoms with Gasteiger partial charge >= 0.3 is 0 Å². The minimum atomic E-state index is -0.0312. The fourth-order valence-corrected chi connectivity index (χ4v) is 12.7. The molecule has 0 amide bonds. The zero-order valence-electron chi connectivity index (χ0n) is 41.8. The molecule has 0 N–H and O–H groups in total. The first-order valence-electron chi connectivity index (χ1n) is 25.0. The molecule has 4 heteroatoms. The van der Waals surface area contributed by atoms with Gasteiger partial charge in [0.05, 0.1) is 0 Å². The van der Waals surface area contributed by atoms with E-state index in [1.54, 1.807) is 0 Å². The van der Waals surface area contributed by atoms with E-state index in [9.17, 15) is 0 Å². The average molecular weight is 877 g/mol. The van der Waals surface area contributed by atoms with E-state index in [2.05, 4.69) is 220 Å². The van der Waals surface area contributed by atoms with Crippen LogP contribution in [0.1, 0.15) is 135 Å². The van der Waals surface area contributed by atoms with Crippen LogP contribution in [0.4, 0.5) is 34.1 Å². The lowest BCUT2D eigenvalue weighted by Gasteiger charge is -2.48. The second kappa shape index (κ2) is 14.0. The highest BCUT2D eigenvalue weighted by atomic mass is 16.3. The number of hydrogen-bond donors (Lipinski definition) is 0. The maximum Gasteiger partial charge on any atom is 0.252 e. The Bertz CT molecular complexity index is 3390. The SMILES string of the molecule is Cc1cc2c3c(c1)N(c1ccc4c(c1)C(C)(C)CCC4(C)C)c1cc4c(cc1B3c1cc(C(C)(C)C)ccc1N2c1cccc(-c2cccc3c2oc2ccccc23)c1)C(C)(C)CCC4(C)C. The summed E-state index contributed by atoms with van der Waals surface area (Å²) in [5.74, 6) is 0. The Morgan fingerprint density at radius 3 is 1.78 bits per heavy atom. The summed E-state index contributed by atoms with van der Waals surface area (Å²) in [6.07, 6.45) is 4.72. The lowest BCUT2D eigenvalue weighted by atomic mass is 9.33. The van der Waals surface area contributed by atoms with Crippen LogP contribution in [0, 0.1) is 6.92 Å². The maximum absolute atomic E-state index is 6.64. The zero-order valence-corrected chi connectivity index (χ0v) is 41.8. The van der Waals surface area contributed by atoms with Crippen molar-refractivity contribution in [1.29, 1.82) is 0 Å². The summed E-state index contributed by atoms with van der Waals surface area (Å²) >= 11 is 0. The summed E-state index contributed by atoms with van der Waals surface area (Å²) in [7, 11) is 0. The van der Waals surface area contributed by atoms with E-state index in [0.29, 0.717) is 0 Å². The highest BCUT2D eigenvalue weighted by Gasteiger charge is 2.47.